The van der Waals surface area contributed by atoms with Crippen LogP contribution in [0.4, 0.5) is 0 Å². The molecule has 0 amide bonds. The number of nitrogens with one attached hydrogen (secondary N) is 1. The number of halogens is 2. The first-order chi connectivity index (χ1) is 5.27. The summed E-state index contributed by atoms with van der Waals surface area (Å²) in [6.45, 7) is 1.95. The Labute approximate surface area is 84.4 Å². The number of fused-ring (bicyclic) bond motifs is 1. The predicted octanol–water partition coefficient (Wildman–Crippen LogP) is 1.63. The lowest BCUT2D eigenvalue weighted by atomic mass is 10.3. The summed E-state index contributed by atoms with van der Waals surface area (Å²) in [4.78, 5) is 2.30. The second-order valence-corrected chi connectivity index (χ2v) is 4.46. The standard InChI is InChI=1S/C7H8ClIN2/c8-5-1-2-11-6(9)4-10-7(11)3-5/h1,3,6,10H,2,4H2. The lowest BCUT2D eigenvalue weighted by Gasteiger charge is -2.23. The molecular formula is C7H8ClIN2. The summed E-state index contributed by atoms with van der Waals surface area (Å²) in [6, 6.07) is 0. The third-order valence-electron chi connectivity index (χ3n) is 1.86. The summed E-state index contributed by atoms with van der Waals surface area (Å²) in [5, 5.41) is 4.13. The molecule has 0 saturated carbocycles. The highest BCUT2D eigenvalue weighted by Crippen LogP contribution is 2.25. The summed E-state index contributed by atoms with van der Waals surface area (Å²) in [5.74, 6) is 1.16. The van der Waals surface area contributed by atoms with Crippen LogP contribution in [0.25, 0.3) is 0 Å². The normalized spacial score (nSPS) is 28.9. The maximum absolute atomic E-state index is 5.85. The highest BCUT2D eigenvalue weighted by molar-refractivity contribution is 14.1. The van der Waals surface area contributed by atoms with E-state index in [2.05, 4.69) is 32.8 Å². The Morgan fingerprint density at radius 1 is 1.73 bits per heavy atom. The molecule has 0 radical (unpaired) electrons. The van der Waals surface area contributed by atoms with Crippen molar-refractivity contribution in [3.8, 4) is 0 Å². The van der Waals surface area contributed by atoms with Crippen LogP contribution in [-0.4, -0.2) is 22.0 Å². The van der Waals surface area contributed by atoms with Gasteiger partial charge in [-0.3, -0.25) is 0 Å². The number of hydrogen-bond acceptors (Lipinski definition) is 2. The average Bonchev–Trinajstić information content (AvgIpc) is 2.32. The molecule has 11 heavy (non-hydrogen) atoms. The van der Waals surface area contributed by atoms with Crippen molar-refractivity contribution in [1.82, 2.24) is 10.2 Å². The summed E-state index contributed by atoms with van der Waals surface area (Å²) in [6.07, 6.45) is 4.01. The fourth-order valence-electron chi connectivity index (χ4n) is 1.27. The van der Waals surface area contributed by atoms with E-state index in [1.165, 1.54) is 0 Å². The maximum Gasteiger partial charge on any atom is 0.104 e. The van der Waals surface area contributed by atoms with Gasteiger partial charge >= 0.3 is 0 Å². The maximum atomic E-state index is 5.85. The van der Waals surface area contributed by atoms with Crippen LogP contribution in [0, 0.1) is 0 Å². The van der Waals surface area contributed by atoms with Crippen LogP contribution in [0.3, 0.4) is 0 Å². The van der Waals surface area contributed by atoms with Crippen molar-refractivity contribution < 1.29 is 0 Å². The lowest BCUT2D eigenvalue weighted by Crippen LogP contribution is -2.26. The second-order valence-electron chi connectivity index (χ2n) is 2.59. The Balaban J connectivity index is 2.23. The van der Waals surface area contributed by atoms with E-state index in [4.69, 9.17) is 11.6 Å². The van der Waals surface area contributed by atoms with Gasteiger partial charge in [-0.2, -0.15) is 0 Å². The van der Waals surface area contributed by atoms with Crippen LogP contribution in [0.2, 0.25) is 0 Å². The van der Waals surface area contributed by atoms with Crippen LogP contribution in [0.15, 0.2) is 23.0 Å². The SMILES string of the molecule is ClC1=CCN2C(=C1)NCC2I. The van der Waals surface area contributed by atoms with E-state index in [0.717, 1.165) is 23.9 Å². The summed E-state index contributed by atoms with van der Waals surface area (Å²) in [5.41, 5.74) is 0. The minimum atomic E-state index is 0.569. The Morgan fingerprint density at radius 2 is 2.55 bits per heavy atom. The molecule has 2 rings (SSSR count). The zero-order valence-electron chi connectivity index (χ0n) is 5.85. The Morgan fingerprint density at radius 3 is 3.36 bits per heavy atom. The summed E-state index contributed by atoms with van der Waals surface area (Å²) >= 11 is 8.27. The van der Waals surface area contributed by atoms with Gasteiger partial charge in [-0.05, 0) is 12.2 Å². The first kappa shape index (κ1) is 7.73. The van der Waals surface area contributed by atoms with Crippen molar-refractivity contribution in [2.75, 3.05) is 13.1 Å². The van der Waals surface area contributed by atoms with Crippen molar-refractivity contribution in [3.05, 3.63) is 23.0 Å². The zero-order valence-corrected chi connectivity index (χ0v) is 8.76. The highest BCUT2D eigenvalue weighted by Gasteiger charge is 2.25. The van der Waals surface area contributed by atoms with Crippen LogP contribution < -0.4 is 5.32 Å². The molecule has 0 aromatic carbocycles. The van der Waals surface area contributed by atoms with Crippen LogP contribution in [-0.2, 0) is 0 Å². The molecule has 1 unspecified atom stereocenters. The van der Waals surface area contributed by atoms with Gasteiger partial charge in [0.1, 0.15) is 5.82 Å². The van der Waals surface area contributed by atoms with Crippen molar-refractivity contribution in [2.24, 2.45) is 0 Å². The molecule has 1 N–H and O–H groups in total. The molecular weight excluding hydrogens is 274 g/mol. The number of allylic oxidation sites excluding steroid dienone is 2. The van der Waals surface area contributed by atoms with Crippen LogP contribution in [0.5, 0.6) is 0 Å². The first-order valence-electron chi connectivity index (χ1n) is 3.49. The van der Waals surface area contributed by atoms with E-state index in [-0.39, 0.29) is 0 Å². The van der Waals surface area contributed by atoms with Gasteiger partial charge in [-0.15, -0.1) is 0 Å². The molecule has 0 aliphatic carbocycles. The Hall–Kier alpha value is 0.1000. The minimum absolute atomic E-state index is 0.569. The van der Waals surface area contributed by atoms with Crippen molar-refractivity contribution >= 4 is 34.2 Å². The molecule has 0 aromatic rings. The average molecular weight is 283 g/mol. The molecule has 2 aliphatic rings. The van der Waals surface area contributed by atoms with Crippen LogP contribution >= 0.6 is 34.2 Å². The number of alkyl halides is 1. The fourth-order valence-corrected chi connectivity index (χ4v) is 2.19. The van der Waals surface area contributed by atoms with Crippen molar-refractivity contribution in [2.45, 2.75) is 4.05 Å². The van der Waals surface area contributed by atoms with E-state index in [9.17, 15) is 0 Å². The highest BCUT2D eigenvalue weighted by atomic mass is 127. The van der Waals surface area contributed by atoms with Crippen LogP contribution in [0.1, 0.15) is 0 Å². The third kappa shape index (κ3) is 1.36. The fraction of sp³-hybridized carbons (Fsp3) is 0.429. The zero-order chi connectivity index (χ0) is 7.84. The molecule has 1 saturated heterocycles. The number of rotatable bonds is 0. The molecule has 2 nitrogen and oxygen atoms in total. The van der Waals surface area contributed by atoms with E-state index in [0.29, 0.717) is 4.05 Å². The van der Waals surface area contributed by atoms with Gasteiger partial charge in [0.2, 0.25) is 0 Å². The summed E-state index contributed by atoms with van der Waals surface area (Å²) in [7, 11) is 0. The number of nitrogens with zero attached hydrogens (tertiary/aromatic N) is 1. The lowest BCUT2D eigenvalue weighted by molar-refractivity contribution is 0.420. The molecule has 2 heterocycles. The van der Waals surface area contributed by atoms with Crippen molar-refractivity contribution in [3.63, 3.8) is 0 Å². The van der Waals surface area contributed by atoms with Gasteiger partial charge in [-0.25, -0.2) is 0 Å². The quantitative estimate of drug-likeness (QED) is 0.413. The van der Waals surface area contributed by atoms with Crippen molar-refractivity contribution in [1.29, 1.82) is 0 Å². The monoisotopic (exact) mass is 282 g/mol. The smallest absolute Gasteiger partial charge is 0.104 e. The van der Waals surface area contributed by atoms with Gasteiger partial charge in [-0.1, -0.05) is 34.2 Å². The van der Waals surface area contributed by atoms with E-state index < -0.39 is 0 Å². The molecule has 1 atom stereocenters. The topological polar surface area (TPSA) is 15.3 Å². The van der Waals surface area contributed by atoms with E-state index >= 15 is 0 Å². The first-order valence-corrected chi connectivity index (χ1v) is 5.11. The molecule has 1 fully saturated rings. The molecule has 2 aliphatic heterocycles. The van der Waals surface area contributed by atoms with Gasteiger partial charge in [0, 0.05) is 18.1 Å². The summed E-state index contributed by atoms with van der Waals surface area (Å²) < 4.78 is 0.569. The van der Waals surface area contributed by atoms with Gasteiger partial charge in [0.25, 0.3) is 0 Å². The van der Waals surface area contributed by atoms with E-state index in [1.54, 1.807) is 0 Å². The molecule has 4 heteroatoms. The Kier molecular flexibility index (Phi) is 2.01. The Bertz CT molecular complexity index is 237. The van der Waals surface area contributed by atoms with Gasteiger partial charge in [0.15, 0.2) is 0 Å². The largest absolute Gasteiger partial charge is 0.369 e. The molecule has 60 valence electrons. The second kappa shape index (κ2) is 2.86. The third-order valence-corrected chi connectivity index (χ3v) is 3.23. The molecule has 0 aromatic heterocycles. The number of hydrogen-bond donors (Lipinski definition) is 1. The van der Waals surface area contributed by atoms with Gasteiger partial charge in [0.05, 0.1) is 4.05 Å². The van der Waals surface area contributed by atoms with E-state index in [1.807, 2.05) is 12.2 Å². The minimum Gasteiger partial charge on any atom is -0.369 e. The molecule has 0 spiro atoms. The predicted molar refractivity (Wildman–Crippen MR) is 54.5 cm³/mol. The van der Waals surface area contributed by atoms with Gasteiger partial charge < -0.3 is 10.2 Å². The molecule has 0 bridgehead atoms.